The Morgan fingerprint density at radius 3 is 2.61 bits per heavy atom. The van der Waals surface area contributed by atoms with E-state index in [0.717, 1.165) is 9.88 Å². The number of nitrogens with two attached hydrogens (primary N) is 1. The molecule has 8 heteroatoms. The van der Waals surface area contributed by atoms with Crippen LogP contribution >= 0.6 is 36.2 Å². The first-order valence-corrected chi connectivity index (χ1v) is 5.85. The minimum Gasteiger partial charge on any atom is -0.370 e. The van der Waals surface area contributed by atoms with Crippen LogP contribution in [0.5, 0.6) is 0 Å². The number of rotatable bonds is 5. The standard InChI is InChI=1S/C10H17N3O2S.2ClH/c1-6-5-12-10(16-6)7(2)13-9(14)8(4-11)15-3;;/h5,7-8H,4,11H2,1-3H3,(H,13,14);2*1H. The van der Waals surface area contributed by atoms with E-state index in [-0.39, 0.29) is 43.3 Å². The Balaban J connectivity index is 0. The number of ether oxygens (including phenoxy) is 1. The number of nitrogens with zero attached hydrogens (tertiary/aromatic N) is 1. The second kappa shape index (κ2) is 9.52. The van der Waals surface area contributed by atoms with E-state index < -0.39 is 6.10 Å². The van der Waals surface area contributed by atoms with Crippen molar-refractivity contribution in [2.45, 2.75) is 26.0 Å². The lowest BCUT2D eigenvalue weighted by atomic mass is 10.3. The monoisotopic (exact) mass is 315 g/mol. The summed E-state index contributed by atoms with van der Waals surface area (Å²) in [5.41, 5.74) is 5.40. The van der Waals surface area contributed by atoms with Crippen molar-refractivity contribution in [1.29, 1.82) is 0 Å². The minimum absolute atomic E-state index is 0. The van der Waals surface area contributed by atoms with E-state index in [9.17, 15) is 4.79 Å². The average Bonchev–Trinajstić information content (AvgIpc) is 2.66. The molecule has 0 aliphatic carbocycles. The number of carbonyl (C=O) groups excluding carboxylic acids is 1. The van der Waals surface area contributed by atoms with Gasteiger partial charge in [0, 0.05) is 24.7 Å². The first-order chi connectivity index (χ1) is 7.58. The number of aryl methyl sites for hydroxylation is 1. The Morgan fingerprint density at radius 1 is 1.61 bits per heavy atom. The maximum absolute atomic E-state index is 11.7. The minimum atomic E-state index is -0.594. The molecule has 106 valence electrons. The molecule has 0 bridgehead atoms. The Morgan fingerprint density at radius 2 is 2.22 bits per heavy atom. The first kappa shape index (κ1) is 19.9. The van der Waals surface area contributed by atoms with Gasteiger partial charge in [-0.05, 0) is 13.8 Å². The largest absolute Gasteiger partial charge is 0.370 e. The van der Waals surface area contributed by atoms with Gasteiger partial charge in [0.25, 0.3) is 5.91 Å². The van der Waals surface area contributed by atoms with Crippen LogP contribution in [0.3, 0.4) is 0 Å². The summed E-state index contributed by atoms with van der Waals surface area (Å²) in [6.45, 7) is 4.04. The number of nitrogens with one attached hydrogen (secondary N) is 1. The number of amides is 1. The van der Waals surface area contributed by atoms with Crippen molar-refractivity contribution in [3.8, 4) is 0 Å². The van der Waals surface area contributed by atoms with E-state index >= 15 is 0 Å². The fourth-order valence-corrected chi connectivity index (χ4v) is 2.03. The third-order valence-corrected chi connectivity index (χ3v) is 3.25. The van der Waals surface area contributed by atoms with Crippen LogP contribution < -0.4 is 11.1 Å². The lowest BCUT2D eigenvalue weighted by molar-refractivity contribution is -0.131. The smallest absolute Gasteiger partial charge is 0.250 e. The van der Waals surface area contributed by atoms with E-state index in [1.165, 1.54) is 7.11 Å². The number of carbonyl (C=O) groups is 1. The summed E-state index contributed by atoms with van der Waals surface area (Å²) in [5, 5.41) is 3.70. The summed E-state index contributed by atoms with van der Waals surface area (Å²) in [4.78, 5) is 17.0. The molecule has 5 nitrogen and oxygen atoms in total. The highest BCUT2D eigenvalue weighted by atomic mass is 35.5. The van der Waals surface area contributed by atoms with Crippen molar-refractivity contribution in [3.05, 3.63) is 16.1 Å². The van der Waals surface area contributed by atoms with Crippen molar-refractivity contribution < 1.29 is 9.53 Å². The third kappa shape index (κ3) is 5.49. The molecule has 0 aliphatic heterocycles. The molecule has 0 saturated carbocycles. The molecule has 2 atom stereocenters. The van der Waals surface area contributed by atoms with Crippen LogP contribution in [0.4, 0.5) is 0 Å². The van der Waals surface area contributed by atoms with E-state index in [0.29, 0.717) is 0 Å². The number of halogens is 2. The fraction of sp³-hybridized carbons (Fsp3) is 0.600. The highest BCUT2D eigenvalue weighted by Gasteiger charge is 2.19. The molecule has 0 aromatic carbocycles. The Labute approximate surface area is 123 Å². The van der Waals surface area contributed by atoms with Crippen molar-refractivity contribution in [2.24, 2.45) is 5.73 Å². The van der Waals surface area contributed by atoms with E-state index in [1.54, 1.807) is 17.5 Å². The van der Waals surface area contributed by atoms with Crippen molar-refractivity contribution in [3.63, 3.8) is 0 Å². The molecule has 1 aromatic rings. The van der Waals surface area contributed by atoms with Crippen molar-refractivity contribution in [1.82, 2.24) is 10.3 Å². The molecular formula is C10H19Cl2N3O2S. The maximum Gasteiger partial charge on any atom is 0.250 e. The highest BCUT2D eigenvalue weighted by Crippen LogP contribution is 2.18. The summed E-state index contributed by atoms with van der Waals surface area (Å²) in [5.74, 6) is -0.203. The molecule has 1 rings (SSSR count). The van der Waals surface area contributed by atoms with Crippen LogP contribution in [0.15, 0.2) is 6.20 Å². The average molecular weight is 316 g/mol. The number of methoxy groups -OCH3 is 1. The summed E-state index contributed by atoms with van der Waals surface area (Å²) in [6, 6.07) is -0.115. The topological polar surface area (TPSA) is 77.2 Å². The SMILES string of the molecule is COC(CN)C(=O)NC(C)c1ncc(C)s1.Cl.Cl. The quantitative estimate of drug-likeness (QED) is 0.862. The summed E-state index contributed by atoms with van der Waals surface area (Å²) < 4.78 is 4.95. The van der Waals surface area contributed by atoms with Gasteiger partial charge in [0.1, 0.15) is 11.1 Å². The number of hydrogen-bond acceptors (Lipinski definition) is 5. The van der Waals surface area contributed by atoms with Gasteiger partial charge in [-0.2, -0.15) is 0 Å². The van der Waals surface area contributed by atoms with E-state index in [2.05, 4.69) is 10.3 Å². The predicted octanol–water partition coefficient (Wildman–Crippen LogP) is 1.45. The number of thiazole rings is 1. The molecule has 0 radical (unpaired) electrons. The molecule has 18 heavy (non-hydrogen) atoms. The van der Waals surface area contributed by atoms with Crippen LogP contribution in [0.2, 0.25) is 0 Å². The second-order valence-corrected chi connectivity index (χ2v) is 4.77. The van der Waals surface area contributed by atoms with Crippen LogP contribution in [0, 0.1) is 6.92 Å². The fourth-order valence-electron chi connectivity index (χ4n) is 1.25. The van der Waals surface area contributed by atoms with Gasteiger partial charge in [0.05, 0.1) is 6.04 Å². The Hall–Kier alpha value is -0.400. The van der Waals surface area contributed by atoms with Gasteiger partial charge in [-0.3, -0.25) is 4.79 Å². The molecule has 1 aromatic heterocycles. The van der Waals surface area contributed by atoms with Crippen molar-refractivity contribution >= 4 is 42.1 Å². The predicted molar refractivity (Wildman–Crippen MR) is 77.8 cm³/mol. The van der Waals surface area contributed by atoms with Crippen LogP contribution in [-0.2, 0) is 9.53 Å². The summed E-state index contributed by atoms with van der Waals surface area (Å²) in [7, 11) is 1.47. The van der Waals surface area contributed by atoms with Gasteiger partial charge in [-0.15, -0.1) is 36.2 Å². The van der Waals surface area contributed by atoms with Gasteiger partial charge >= 0.3 is 0 Å². The van der Waals surface area contributed by atoms with Gasteiger partial charge < -0.3 is 15.8 Å². The molecule has 0 spiro atoms. The zero-order chi connectivity index (χ0) is 12.1. The van der Waals surface area contributed by atoms with Crippen molar-refractivity contribution in [2.75, 3.05) is 13.7 Å². The molecule has 1 heterocycles. The third-order valence-electron chi connectivity index (χ3n) is 2.16. The maximum atomic E-state index is 11.7. The first-order valence-electron chi connectivity index (χ1n) is 5.04. The number of aromatic nitrogens is 1. The van der Waals surface area contributed by atoms with E-state index in [1.807, 2.05) is 13.8 Å². The van der Waals surface area contributed by atoms with E-state index in [4.69, 9.17) is 10.5 Å². The normalized spacial score (nSPS) is 12.9. The van der Waals surface area contributed by atoms with Gasteiger partial charge in [0.15, 0.2) is 0 Å². The van der Waals surface area contributed by atoms with Crippen LogP contribution in [0.25, 0.3) is 0 Å². The molecule has 0 fully saturated rings. The molecule has 1 amide bonds. The van der Waals surface area contributed by atoms with Gasteiger partial charge in [0.2, 0.25) is 0 Å². The Bertz CT molecular complexity index is 359. The lowest BCUT2D eigenvalue weighted by Gasteiger charge is -2.16. The molecule has 0 saturated heterocycles. The van der Waals surface area contributed by atoms with Gasteiger partial charge in [-0.25, -0.2) is 4.98 Å². The zero-order valence-corrected chi connectivity index (χ0v) is 13.0. The van der Waals surface area contributed by atoms with Gasteiger partial charge in [-0.1, -0.05) is 0 Å². The molecule has 0 aliphatic rings. The Kier molecular flexibility index (Phi) is 10.5. The van der Waals surface area contributed by atoms with Crippen LogP contribution in [0.1, 0.15) is 22.9 Å². The number of hydrogen-bond donors (Lipinski definition) is 2. The van der Waals surface area contributed by atoms with Crippen LogP contribution in [-0.4, -0.2) is 30.6 Å². The molecular weight excluding hydrogens is 297 g/mol. The molecule has 2 unspecified atom stereocenters. The second-order valence-electron chi connectivity index (χ2n) is 3.50. The summed E-state index contributed by atoms with van der Waals surface area (Å²) in [6.07, 6.45) is 1.20. The summed E-state index contributed by atoms with van der Waals surface area (Å²) >= 11 is 1.57. The molecule has 3 N–H and O–H groups in total. The highest BCUT2D eigenvalue weighted by molar-refractivity contribution is 7.11. The zero-order valence-electron chi connectivity index (χ0n) is 10.5. The lowest BCUT2D eigenvalue weighted by Crippen LogP contribution is -2.41.